The molecule has 2 aliphatic rings. The Morgan fingerprint density at radius 1 is 0.963 bits per heavy atom. The van der Waals surface area contributed by atoms with E-state index in [1.807, 2.05) is 33.9 Å². The van der Waals surface area contributed by atoms with Crippen molar-refractivity contribution in [3.05, 3.63) is 42.2 Å². The molecule has 0 amide bonds. The second-order valence-electron chi connectivity index (χ2n) is 6.91. The van der Waals surface area contributed by atoms with Gasteiger partial charge in [-0.05, 0) is 37.8 Å². The van der Waals surface area contributed by atoms with Crippen LogP contribution in [-0.2, 0) is 0 Å². The van der Waals surface area contributed by atoms with E-state index in [0.29, 0.717) is 24.0 Å². The highest BCUT2D eigenvalue weighted by atomic mass is 15.5. The molecule has 0 saturated carbocycles. The molecular formula is C23H36N4. The Bertz CT molecular complexity index is 728. The van der Waals surface area contributed by atoms with E-state index in [1.165, 1.54) is 11.3 Å². The van der Waals surface area contributed by atoms with Crippen molar-refractivity contribution in [1.29, 1.82) is 0 Å². The fraction of sp³-hybridized carbons (Fsp3) is 0.565. The minimum absolute atomic E-state index is 0.308. The first-order valence-electron chi connectivity index (χ1n) is 10.6. The number of hydrogen-bond donors (Lipinski definition) is 0. The van der Waals surface area contributed by atoms with Crippen molar-refractivity contribution in [3.8, 4) is 0 Å². The molecule has 4 rings (SSSR count). The summed E-state index contributed by atoms with van der Waals surface area (Å²) in [5.41, 5.74) is 2.72. The molecule has 0 bridgehead atoms. The van der Waals surface area contributed by atoms with Crippen molar-refractivity contribution in [2.24, 2.45) is 5.92 Å². The van der Waals surface area contributed by atoms with Crippen LogP contribution in [0.5, 0.6) is 0 Å². The quantitative estimate of drug-likeness (QED) is 0.617. The average Bonchev–Trinajstić information content (AvgIpc) is 3.07. The minimum atomic E-state index is 0.308. The summed E-state index contributed by atoms with van der Waals surface area (Å²) < 4.78 is 0. The zero-order chi connectivity index (χ0) is 20.1. The molecule has 2 unspecified atom stereocenters. The highest BCUT2D eigenvalue weighted by molar-refractivity contribution is 5.81. The van der Waals surface area contributed by atoms with Crippen LogP contribution in [0.15, 0.2) is 36.7 Å². The maximum atomic E-state index is 4.69. The van der Waals surface area contributed by atoms with Gasteiger partial charge in [0.25, 0.3) is 0 Å². The third kappa shape index (κ3) is 3.42. The molecule has 27 heavy (non-hydrogen) atoms. The van der Waals surface area contributed by atoms with E-state index in [0.717, 1.165) is 18.1 Å². The van der Waals surface area contributed by atoms with Gasteiger partial charge < -0.3 is 9.80 Å². The molecule has 0 spiro atoms. The molecule has 4 heteroatoms. The lowest BCUT2D eigenvalue weighted by Crippen LogP contribution is -2.53. The van der Waals surface area contributed by atoms with E-state index < -0.39 is 0 Å². The van der Waals surface area contributed by atoms with Gasteiger partial charge in [-0.2, -0.15) is 0 Å². The highest BCUT2D eigenvalue weighted by Gasteiger charge is 2.49. The first-order valence-corrected chi connectivity index (χ1v) is 10.6. The molecule has 1 aromatic heterocycles. The molecule has 0 aliphatic carbocycles. The van der Waals surface area contributed by atoms with E-state index in [-0.39, 0.29) is 0 Å². The Morgan fingerprint density at radius 2 is 1.56 bits per heavy atom. The standard InChI is InChI=1S/C19H24N4.2C2H6/c1-5-14-13(4)15-8-6-7-9-16(15)23-18-17(20-10-11-21-18)22(12(2)3)19(14)23;2*1-2/h6-14,19H,5H2,1-4H3;2*1-2H3/t13-,14?,19?;;/m0../s1. The predicted octanol–water partition coefficient (Wildman–Crippen LogP) is 6.36. The maximum absolute atomic E-state index is 4.69. The Balaban J connectivity index is 0.000000614. The molecule has 4 nitrogen and oxygen atoms in total. The van der Waals surface area contributed by atoms with Gasteiger partial charge in [-0.1, -0.05) is 59.7 Å². The molecule has 148 valence electrons. The van der Waals surface area contributed by atoms with Crippen molar-refractivity contribution in [2.45, 2.75) is 79.9 Å². The molecule has 0 fully saturated rings. The van der Waals surface area contributed by atoms with Crippen molar-refractivity contribution >= 4 is 17.3 Å². The van der Waals surface area contributed by atoms with E-state index >= 15 is 0 Å². The van der Waals surface area contributed by atoms with Crippen LogP contribution in [-0.4, -0.2) is 22.2 Å². The van der Waals surface area contributed by atoms with Crippen LogP contribution >= 0.6 is 0 Å². The number of aromatic nitrogens is 2. The summed E-state index contributed by atoms with van der Waals surface area (Å²) in [7, 11) is 0. The number of nitrogens with zero attached hydrogens (tertiary/aromatic N) is 4. The first-order chi connectivity index (χ1) is 13.1. The molecule has 0 saturated heterocycles. The second-order valence-corrected chi connectivity index (χ2v) is 6.91. The van der Waals surface area contributed by atoms with Gasteiger partial charge in [0.1, 0.15) is 6.17 Å². The van der Waals surface area contributed by atoms with Gasteiger partial charge in [-0.15, -0.1) is 0 Å². The minimum Gasteiger partial charge on any atom is -0.330 e. The molecule has 0 radical (unpaired) electrons. The van der Waals surface area contributed by atoms with Gasteiger partial charge in [0.05, 0.1) is 0 Å². The van der Waals surface area contributed by atoms with Crippen LogP contribution in [0.4, 0.5) is 17.3 Å². The number of rotatable bonds is 2. The number of fused-ring (bicyclic) bond motifs is 5. The number of anilines is 3. The summed E-state index contributed by atoms with van der Waals surface area (Å²) in [6.45, 7) is 17.2. The van der Waals surface area contributed by atoms with Gasteiger partial charge in [0.15, 0.2) is 11.6 Å². The molecule has 3 heterocycles. The summed E-state index contributed by atoms with van der Waals surface area (Å²) in [4.78, 5) is 14.2. The van der Waals surface area contributed by atoms with Crippen molar-refractivity contribution in [3.63, 3.8) is 0 Å². The number of hydrogen-bond acceptors (Lipinski definition) is 4. The molecule has 2 aliphatic heterocycles. The summed E-state index contributed by atoms with van der Waals surface area (Å²) in [5.74, 6) is 3.12. The molecule has 3 atom stereocenters. The summed E-state index contributed by atoms with van der Waals surface area (Å²) in [5, 5.41) is 0. The number of para-hydroxylation sites is 1. The van der Waals surface area contributed by atoms with Crippen molar-refractivity contribution < 1.29 is 0 Å². The predicted molar refractivity (Wildman–Crippen MR) is 117 cm³/mol. The zero-order valence-electron chi connectivity index (χ0n) is 18.3. The Morgan fingerprint density at radius 3 is 2.15 bits per heavy atom. The molecule has 0 N–H and O–H groups in total. The lowest BCUT2D eigenvalue weighted by molar-refractivity contribution is 0.322. The third-order valence-electron chi connectivity index (χ3n) is 5.42. The van der Waals surface area contributed by atoms with E-state index in [1.54, 1.807) is 6.20 Å². The fourth-order valence-corrected chi connectivity index (χ4v) is 4.40. The van der Waals surface area contributed by atoms with Gasteiger partial charge in [0.2, 0.25) is 0 Å². The molecular weight excluding hydrogens is 332 g/mol. The lowest BCUT2D eigenvalue weighted by Gasteiger charge is -2.46. The van der Waals surface area contributed by atoms with Gasteiger partial charge in [-0.25, -0.2) is 9.97 Å². The van der Waals surface area contributed by atoms with Gasteiger partial charge in [-0.3, -0.25) is 0 Å². The topological polar surface area (TPSA) is 32.3 Å². The van der Waals surface area contributed by atoms with Crippen LogP contribution in [0, 0.1) is 5.92 Å². The van der Waals surface area contributed by atoms with E-state index in [4.69, 9.17) is 4.98 Å². The van der Waals surface area contributed by atoms with Crippen molar-refractivity contribution in [2.75, 3.05) is 9.80 Å². The second kappa shape index (κ2) is 9.20. The van der Waals surface area contributed by atoms with Crippen LogP contribution in [0.2, 0.25) is 0 Å². The first kappa shape index (κ1) is 21.2. The Hall–Kier alpha value is -2.10. The summed E-state index contributed by atoms with van der Waals surface area (Å²) in [6, 6.07) is 9.17. The Kier molecular flexibility index (Phi) is 7.23. The normalized spacial score (nSPS) is 22.0. The summed E-state index contributed by atoms with van der Waals surface area (Å²) in [6.07, 6.45) is 5.07. The average molecular weight is 369 g/mol. The highest BCUT2D eigenvalue weighted by Crippen LogP contribution is 2.53. The van der Waals surface area contributed by atoms with Gasteiger partial charge >= 0.3 is 0 Å². The monoisotopic (exact) mass is 368 g/mol. The number of benzene rings is 1. The van der Waals surface area contributed by atoms with Crippen LogP contribution in [0.25, 0.3) is 0 Å². The zero-order valence-corrected chi connectivity index (χ0v) is 18.3. The van der Waals surface area contributed by atoms with Crippen LogP contribution < -0.4 is 9.80 Å². The maximum Gasteiger partial charge on any atom is 0.178 e. The van der Waals surface area contributed by atoms with Crippen LogP contribution in [0.1, 0.15) is 73.3 Å². The molecule has 1 aromatic carbocycles. The van der Waals surface area contributed by atoms with E-state index in [9.17, 15) is 0 Å². The summed E-state index contributed by atoms with van der Waals surface area (Å²) >= 11 is 0. The van der Waals surface area contributed by atoms with E-state index in [2.05, 4.69) is 66.7 Å². The fourth-order valence-electron chi connectivity index (χ4n) is 4.40. The SMILES string of the molecule is CC.CC.CCC1C2N(c3ccccc3[C@H]1C)c1nccnc1N2C(C)C. The largest absolute Gasteiger partial charge is 0.330 e. The smallest absolute Gasteiger partial charge is 0.178 e. The van der Waals surface area contributed by atoms with Crippen molar-refractivity contribution in [1.82, 2.24) is 9.97 Å². The molecule has 2 aromatic rings. The lowest BCUT2D eigenvalue weighted by atomic mass is 9.78. The third-order valence-corrected chi connectivity index (χ3v) is 5.42. The van der Waals surface area contributed by atoms with Crippen LogP contribution in [0.3, 0.4) is 0 Å². The van der Waals surface area contributed by atoms with Gasteiger partial charge in [0, 0.05) is 30.0 Å². The Labute approximate surface area is 165 Å².